The van der Waals surface area contributed by atoms with Crippen LogP contribution in [0, 0.1) is 5.82 Å². The third kappa shape index (κ3) is 4.75. The molecule has 7 heteroatoms. The van der Waals surface area contributed by atoms with Crippen molar-refractivity contribution in [2.24, 2.45) is 0 Å². The summed E-state index contributed by atoms with van der Waals surface area (Å²) in [5, 5.41) is 11.9. The molecule has 0 aliphatic heterocycles. The molecule has 0 bridgehead atoms. The van der Waals surface area contributed by atoms with Crippen LogP contribution in [0.25, 0.3) is 11.4 Å². The Morgan fingerprint density at radius 1 is 0.900 bits per heavy atom. The molecule has 1 N–H and O–H groups in total. The van der Waals surface area contributed by atoms with Crippen molar-refractivity contribution in [2.45, 2.75) is 11.7 Å². The molecular weight excluding hydrogens is 399 g/mol. The first-order valence-corrected chi connectivity index (χ1v) is 10.4. The number of aromatic nitrogens is 3. The van der Waals surface area contributed by atoms with Gasteiger partial charge in [0, 0.05) is 5.69 Å². The Balaban J connectivity index is 1.58. The predicted octanol–water partition coefficient (Wildman–Crippen LogP) is 4.86. The fourth-order valence-electron chi connectivity index (χ4n) is 2.99. The molecule has 0 unspecified atom stereocenters. The highest BCUT2D eigenvalue weighted by atomic mass is 32.2. The molecule has 0 aliphatic rings. The van der Waals surface area contributed by atoms with Crippen LogP contribution in [0.4, 0.5) is 10.1 Å². The number of thioether (sulfide) groups is 1. The van der Waals surface area contributed by atoms with Gasteiger partial charge in [-0.3, -0.25) is 9.36 Å². The molecule has 0 saturated carbocycles. The number of anilines is 1. The standard InChI is InChI=1S/C23H19FN4OS/c24-20-14-8-7-13-19(20)22-26-27-23(28(22)15-17-9-3-1-4-10-17)30-16-21(29)25-18-11-5-2-6-12-18/h1-14H,15-16H2,(H,25,29). The minimum atomic E-state index is -0.363. The van der Waals surface area contributed by atoms with Crippen molar-refractivity contribution in [1.82, 2.24) is 14.8 Å². The van der Waals surface area contributed by atoms with E-state index in [4.69, 9.17) is 0 Å². The number of carbonyl (C=O) groups is 1. The van der Waals surface area contributed by atoms with E-state index in [0.717, 1.165) is 11.3 Å². The number of halogens is 1. The lowest BCUT2D eigenvalue weighted by atomic mass is 10.2. The largest absolute Gasteiger partial charge is 0.325 e. The quantitative estimate of drug-likeness (QED) is 0.435. The third-order valence-electron chi connectivity index (χ3n) is 4.41. The summed E-state index contributed by atoms with van der Waals surface area (Å²) in [7, 11) is 0. The van der Waals surface area contributed by atoms with Crippen LogP contribution in [0.2, 0.25) is 0 Å². The molecule has 3 aromatic carbocycles. The maximum absolute atomic E-state index is 14.4. The number of amides is 1. The molecule has 0 aliphatic carbocycles. The molecule has 4 rings (SSSR count). The molecule has 0 atom stereocenters. The molecule has 0 saturated heterocycles. The van der Waals surface area contributed by atoms with Gasteiger partial charge in [-0.15, -0.1) is 10.2 Å². The number of hydrogen-bond acceptors (Lipinski definition) is 4. The predicted molar refractivity (Wildman–Crippen MR) is 117 cm³/mol. The highest BCUT2D eigenvalue weighted by Crippen LogP contribution is 2.27. The van der Waals surface area contributed by atoms with E-state index >= 15 is 0 Å². The third-order valence-corrected chi connectivity index (χ3v) is 5.37. The van der Waals surface area contributed by atoms with Crippen molar-refractivity contribution in [3.63, 3.8) is 0 Å². The maximum atomic E-state index is 14.4. The van der Waals surface area contributed by atoms with E-state index in [-0.39, 0.29) is 17.5 Å². The van der Waals surface area contributed by atoms with Crippen LogP contribution in [-0.2, 0) is 11.3 Å². The van der Waals surface area contributed by atoms with Crippen molar-refractivity contribution < 1.29 is 9.18 Å². The molecular formula is C23H19FN4OS. The number of nitrogens with one attached hydrogen (secondary N) is 1. The summed E-state index contributed by atoms with van der Waals surface area (Å²) >= 11 is 1.27. The number of rotatable bonds is 7. The van der Waals surface area contributed by atoms with Crippen LogP contribution in [0.1, 0.15) is 5.56 Å². The summed E-state index contributed by atoms with van der Waals surface area (Å²) in [5.41, 5.74) is 2.15. The molecule has 0 spiro atoms. The molecule has 1 aromatic heterocycles. The smallest absolute Gasteiger partial charge is 0.234 e. The zero-order chi connectivity index (χ0) is 20.8. The highest BCUT2D eigenvalue weighted by molar-refractivity contribution is 7.99. The van der Waals surface area contributed by atoms with E-state index < -0.39 is 0 Å². The fourth-order valence-corrected chi connectivity index (χ4v) is 3.73. The van der Waals surface area contributed by atoms with Crippen LogP contribution in [0.3, 0.4) is 0 Å². The van der Waals surface area contributed by atoms with E-state index in [2.05, 4.69) is 15.5 Å². The fraction of sp³-hybridized carbons (Fsp3) is 0.0870. The first-order chi connectivity index (χ1) is 14.7. The molecule has 5 nitrogen and oxygen atoms in total. The monoisotopic (exact) mass is 418 g/mol. The van der Waals surface area contributed by atoms with Crippen molar-refractivity contribution in [1.29, 1.82) is 0 Å². The minimum absolute atomic E-state index is 0.145. The van der Waals surface area contributed by atoms with Crippen molar-refractivity contribution in [3.8, 4) is 11.4 Å². The van der Waals surface area contributed by atoms with Gasteiger partial charge in [-0.05, 0) is 29.8 Å². The zero-order valence-electron chi connectivity index (χ0n) is 16.0. The Morgan fingerprint density at radius 3 is 2.30 bits per heavy atom. The van der Waals surface area contributed by atoms with E-state index in [0.29, 0.717) is 23.1 Å². The summed E-state index contributed by atoms with van der Waals surface area (Å²) in [6.07, 6.45) is 0. The molecule has 0 radical (unpaired) electrons. The number of para-hydroxylation sites is 1. The Labute approximate surface area is 178 Å². The van der Waals surface area contributed by atoms with Crippen LogP contribution in [0.15, 0.2) is 90.1 Å². The van der Waals surface area contributed by atoms with E-state index in [1.165, 1.54) is 17.8 Å². The zero-order valence-corrected chi connectivity index (χ0v) is 16.8. The number of nitrogens with zero attached hydrogens (tertiary/aromatic N) is 3. The van der Waals surface area contributed by atoms with E-state index in [9.17, 15) is 9.18 Å². The van der Waals surface area contributed by atoms with E-state index in [1.807, 2.05) is 65.2 Å². The maximum Gasteiger partial charge on any atom is 0.234 e. The average molecular weight is 418 g/mol. The minimum Gasteiger partial charge on any atom is -0.325 e. The molecule has 30 heavy (non-hydrogen) atoms. The number of hydrogen-bond donors (Lipinski definition) is 1. The Bertz CT molecular complexity index is 1130. The van der Waals surface area contributed by atoms with Gasteiger partial charge in [0.15, 0.2) is 11.0 Å². The molecule has 4 aromatic rings. The second-order valence-corrected chi connectivity index (χ2v) is 7.50. The number of benzene rings is 3. The summed E-state index contributed by atoms with van der Waals surface area (Å²) in [5.74, 6) is 0.0902. The van der Waals surface area contributed by atoms with Crippen LogP contribution in [0.5, 0.6) is 0 Å². The summed E-state index contributed by atoms with van der Waals surface area (Å²) in [6.45, 7) is 0.472. The van der Waals surface area contributed by atoms with Gasteiger partial charge in [-0.2, -0.15) is 0 Å². The highest BCUT2D eigenvalue weighted by Gasteiger charge is 2.18. The topological polar surface area (TPSA) is 59.8 Å². The second kappa shape index (κ2) is 9.37. The summed E-state index contributed by atoms with van der Waals surface area (Å²) < 4.78 is 16.2. The van der Waals surface area contributed by atoms with Gasteiger partial charge in [0.2, 0.25) is 5.91 Å². The van der Waals surface area contributed by atoms with Crippen molar-refractivity contribution >= 4 is 23.4 Å². The second-order valence-electron chi connectivity index (χ2n) is 6.56. The Kier molecular flexibility index (Phi) is 6.20. The van der Waals surface area contributed by atoms with Crippen molar-refractivity contribution in [3.05, 3.63) is 96.3 Å². The van der Waals surface area contributed by atoms with Gasteiger partial charge >= 0.3 is 0 Å². The van der Waals surface area contributed by atoms with Crippen molar-refractivity contribution in [2.75, 3.05) is 11.1 Å². The Hall–Kier alpha value is -3.45. The van der Waals surface area contributed by atoms with Gasteiger partial charge in [0.25, 0.3) is 0 Å². The Morgan fingerprint density at radius 2 is 1.57 bits per heavy atom. The van der Waals surface area contributed by atoms with Gasteiger partial charge in [0.1, 0.15) is 5.82 Å². The first kappa shape index (κ1) is 19.8. The van der Waals surface area contributed by atoms with Gasteiger partial charge in [0.05, 0.1) is 17.9 Å². The molecule has 0 fully saturated rings. The van der Waals surface area contributed by atoms with Gasteiger partial charge in [-0.1, -0.05) is 72.4 Å². The van der Waals surface area contributed by atoms with E-state index in [1.54, 1.807) is 18.2 Å². The molecule has 1 heterocycles. The lowest BCUT2D eigenvalue weighted by molar-refractivity contribution is -0.113. The van der Waals surface area contributed by atoms with Gasteiger partial charge in [-0.25, -0.2) is 4.39 Å². The summed E-state index contributed by atoms with van der Waals surface area (Å²) in [6, 6.07) is 25.6. The SMILES string of the molecule is O=C(CSc1nnc(-c2ccccc2F)n1Cc1ccccc1)Nc1ccccc1. The van der Waals surface area contributed by atoms with Crippen LogP contribution in [-0.4, -0.2) is 26.4 Å². The summed E-state index contributed by atoms with van der Waals surface area (Å²) in [4.78, 5) is 12.3. The van der Waals surface area contributed by atoms with Gasteiger partial charge < -0.3 is 5.32 Å². The lowest BCUT2D eigenvalue weighted by Gasteiger charge is -2.11. The molecule has 1 amide bonds. The average Bonchev–Trinajstić information content (AvgIpc) is 3.16. The normalized spacial score (nSPS) is 10.7. The lowest BCUT2D eigenvalue weighted by Crippen LogP contribution is -2.14. The first-order valence-electron chi connectivity index (χ1n) is 9.40. The van der Waals surface area contributed by atoms with Crippen LogP contribution >= 0.6 is 11.8 Å². The van der Waals surface area contributed by atoms with Crippen LogP contribution < -0.4 is 5.32 Å². The number of carbonyl (C=O) groups excluding carboxylic acids is 1. The molecule has 150 valence electrons.